The van der Waals surface area contributed by atoms with Crippen LogP contribution < -0.4 is 5.73 Å². The molecule has 0 aromatic heterocycles. The van der Waals surface area contributed by atoms with Crippen molar-refractivity contribution in [3.05, 3.63) is 34.4 Å². The summed E-state index contributed by atoms with van der Waals surface area (Å²) >= 11 is 0. The zero-order valence-electron chi connectivity index (χ0n) is 12.2. The maximum absolute atomic E-state index is 11.7. The third kappa shape index (κ3) is 3.78. The SMILES string of the molecule is Cc1ccc(CCN(C)C(=O)C(O)CN)c(C)c1C. The molecule has 0 spiro atoms. The Morgan fingerprint density at radius 1 is 1.32 bits per heavy atom. The lowest BCUT2D eigenvalue weighted by Crippen LogP contribution is -2.41. The number of carbonyl (C=O) groups excluding carboxylic acids is 1. The molecule has 1 atom stereocenters. The van der Waals surface area contributed by atoms with Crippen molar-refractivity contribution in [1.82, 2.24) is 4.90 Å². The van der Waals surface area contributed by atoms with Crippen molar-refractivity contribution in [1.29, 1.82) is 0 Å². The topological polar surface area (TPSA) is 66.6 Å². The van der Waals surface area contributed by atoms with E-state index in [1.807, 2.05) is 0 Å². The first kappa shape index (κ1) is 15.7. The highest BCUT2D eigenvalue weighted by atomic mass is 16.3. The summed E-state index contributed by atoms with van der Waals surface area (Å²) in [7, 11) is 1.69. The minimum atomic E-state index is -1.09. The first-order chi connectivity index (χ1) is 8.88. The molecule has 4 heteroatoms. The van der Waals surface area contributed by atoms with Gasteiger partial charge in [0.1, 0.15) is 6.10 Å². The van der Waals surface area contributed by atoms with Gasteiger partial charge in [0.2, 0.25) is 0 Å². The van der Waals surface area contributed by atoms with Gasteiger partial charge < -0.3 is 15.7 Å². The Morgan fingerprint density at radius 3 is 2.53 bits per heavy atom. The molecule has 0 aliphatic heterocycles. The summed E-state index contributed by atoms with van der Waals surface area (Å²) in [6.07, 6.45) is -0.308. The molecule has 1 rings (SSSR count). The van der Waals surface area contributed by atoms with E-state index in [1.54, 1.807) is 7.05 Å². The second kappa shape index (κ2) is 6.68. The Kier molecular flexibility index (Phi) is 5.51. The van der Waals surface area contributed by atoms with Crippen LogP contribution in [-0.4, -0.2) is 42.2 Å². The van der Waals surface area contributed by atoms with Crippen LogP contribution in [0, 0.1) is 20.8 Å². The lowest BCUT2D eigenvalue weighted by atomic mass is 9.97. The van der Waals surface area contributed by atoms with Gasteiger partial charge in [-0.1, -0.05) is 12.1 Å². The van der Waals surface area contributed by atoms with Crippen LogP contribution in [0.15, 0.2) is 12.1 Å². The fraction of sp³-hybridized carbons (Fsp3) is 0.533. The van der Waals surface area contributed by atoms with E-state index < -0.39 is 6.10 Å². The number of aryl methyl sites for hydroxylation is 1. The van der Waals surface area contributed by atoms with Crippen molar-refractivity contribution in [3.63, 3.8) is 0 Å². The van der Waals surface area contributed by atoms with Gasteiger partial charge in [0.05, 0.1) is 0 Å². The van der Waals surface area contributed by atoms with Gasteiger partial charge in [0.25, 0.3) is 5.91 Å². The van der Waals surface area contributed by atoms with E-state index in [2.05, 4.69) is 32.9 Å². The van der Waals surface area contributed by atoms with E-state index in [1.165, 1.54) is 27.2 Å². The predicted molar refractivity (Wildman–Crippen MR) is 77.1 cm³/mol. The van der Waals surface area contributed by atoms with Crippen LogP contribution >= 0.6 is 0 Å². The van der Waals surface area contributed by atoms with E-state index >= 15 is 0 Å². The lowest BCUT2D eigenvalue weighted by molar-refractivity contribution is -0.138. The normalized spacial score (nSPS) is 12.3. The van der Waals surface area contributed by atoms with E-state index in [0.29, 0.717) is 6.54 Å². The minimum absolute atomic E-state index is 0.0359. The molecule has 1 unspecified atom stereocenters. The summed E-state index contributed by atoms with van der Waals surface area (Å²) < 4.78 is 0. The van der Waals surface area contributed by atoms with Crippen LogP contribution in [0.3, 0.4) is 0 Å². The molecule has 0 fully saturated rings. The molecule has 106 valence electrons. The molecule has 0 saturated carbocycles. The van der Waals surface area contributed by atoms with Crippen LogP contribution in [0.1, 0.15) is 22.3 Å². The van der Waals surface area contributed by atoms with Gasteiger partial charge >= 0.3 is 0 Å². The first-order valence-electron chi connectivity index (χ1n) is 6.57. The van der Waals surface area contributed by atoms with Crippen LogP contribution in [0.4, 0.5) is 0 Å². The third-order valence-corrected chi connectivity index (χ3v) is 3.77. The molecule has 1 aromatic rings. The van der Waals surface area contributed by atoms with Crippen molar-refractivity contribution in [2.75, 3.05) is 20.1 Å². The lowest BCUT2D eigenvalue weighted by Gasteiger charge is -2.20. The zero-order valence-corrected chi connectivity index (χ0v) is 12.2. The number of amides is 1. The molecule has 3 N–H and O–H groups in total. The smallest absolute Gasteiger partial charge is 0.252 e. The molecule has 0 radical (unpaired) electrons. The average Bonchev–Trinajstić information content (AvgIpc) is 2.41. The Balaban J connectivity index is 2.67. The number of likely N-dealkylation sites (N-methyl/N-ethyl adjacent to an activating group) is 1. The van der Waals surface area contributed by atoms with E-state index in [4.69, 9.17) is 5.73 Å². The van der Waals surface area contributed by atoms with Crippen LogP contribution in [0.2, 0.25) is 0 Å². The summed E-state index contributed by atoms with van der Waals surface area (Å²) in [6, 6.07) is 4.21. The highest BCUT2D eigenvalue weighted by Crippen LogP contribution is 2.17. The molecule has 0 bridgehead atoms. The molecule has 0 aliphatic carbocycles. The monoisotopic (exact) mass is 264 g/mol. The van der Waals surface area contributed by atoms with Crippen LogP contribution in [-0.2, 0) is 11.2 Å². The number of carbonyl (C=O) groups is 1. The van der Waals surface area contributed by atoms with Gasteiger partial charge in [0, 0.05) is 20.1 Å². The molecular formula is C15H24N2O2. The largest absolute Gasteiger partial charge is 0.382 e. The first-order valence-corrected chi connectivity index (χ1v) is 6.57. The number of rotatable bonds is 5. The molecule has 19 heavy (non-hydrogen) atoms. The number of benzene rings is 1. The van der Waals surface area contributed by atoms with Gasteiger partial charge in [-0.15, -0.1) is 0 Å². The van der Waals surface area contributed by atoms with Crippen molar-refractivity contribution < 1.29 is 9.90 Å². The minimum Gasteiger partial charge on any atom is -0.382 e. The molecule has 0 saturated heterocycles. The number of hydrogen-bond donors (Lipinski definition) is 2. The molecule has 0 heterocycles. The van der Waals surface area contributed by atoms with Gasteiger partial charge in [-0.3, -0.25) is 4.79 Å². The standard InChI is InChI=1S/C15H24N2O2/c1-10-5-6-13(12(3)11(10)2)7-8-17(4)15(19)14(18)9-16/h5-6,14,18H,7-9,16H2,1-4H3. The second-order valence-corrected chi connectivity index (χ2v) is 5.05. The van der Waals surface area contributed by atoms with Gasteiger partial charge in [-0.25, -0.2) is 0 Å². The summed E-state index contributed by atoms with van der Waals surface area (Å²) in [5.74, 6) is -0.316. The van der Waals surface area contributed by atoms with E-state index in [0.717, 1.165) is 6.42 Å². The summed E-state index contributed by atoms with van der Waals surface area (Å²) in [4.78, 5) is 13.2. The number of nitrogens with zero attached hydrogens (tertiary/aromatic N) is 1. The van der Waals surface area contributed by atoms with Gasteiger partial charge in [0.15, 0.2) is 0 Å². The number of hydrogen-bond acceptors (Lipinski definition) is 3. The fourth-order valence-corrected chi connectivity index (χ4v) is 2.04. The molecule has 4 nitrogen and oxygen atoms in total. The summed E-state index contributed by atoms with van der Waals surface area (Å²) in [5.41, 5.74) is 10.4. The highest BCUT2D eigenvalue weighted by Gasteiger charge is 2.17. The Labute approximate surface area is 115 Å². The fourth-order valence-electron chi connectivity index (χ4n) is 2.04. The highest BCUT2D eigenvalue weighted by molar-refractivity contribution is 5.80. The quantitative estimate of drug-likeness (QED) is 0.831. The molecule has 0 aliphatic rings. The average molecular weight is 264 g/mol. The molecule has 1 aromatic carbocycles. The third-order valence-electron chi connectivity index (χ3n) is 3.77. The Morgan fingerprint density at radius 2 is 1.95 bits per heavy atom. The van der Waals surface area contributed by atoms with Crippen LogP contribution in [0.25, 0.3) is 0 Å². The maximum Gasteiger partial charge on any atom is 0.252 e. The molecular weight excluding hydrogens is 240 g/mol. The van der Waals surface area contributed by atoms with Gasteiger partial charge in [-0.05, 0) is 49.4 Å². The van der Waals surface area contributed by atoms with E-state index in [-0.39, 0.29) is 12.5 Å². The maximum atomic E-state index is 11.7. The van der Waals surface area contributed by atoms with Crippen molar-refractivity contribution >= 4 is 5.91 Å². The number of nitrogens with two attached hydrogens (primary N) is 1. The molecule has 1 amide bonds. The zero-order chi connectivity index (χ0) is 14.6. The van der Waals surface area contributed by atoms with Crippen LogP contribution in [0.5, 0.6) is 0 Å². The van der Waals surface area contributed by atoms with Crippen molar-refractivity contribution in [2.24, 2.45) is 5.73 Å². The number of aliphatic hydroxyl groups is 1. The van der Waals surface area contributed by atoms with Crippen molar-refractivity contribution in [2.45, 2.75) is 33.3 Å². The summed E-state index contributed by atoms with van der Waals surface area (Å²) in [6.45, 7) is 6.86. The Hall–Kier alpha value is -1.39. The summed E-state index contributed by atoms with van der Waals surface area (Å²) in [5, 5.41) is 9.41. The van der Waals surface area contributed by atoms with Gasteiger partial charge in [-0.2, -0.15) is 0 Å². The second-order valence-electron chi connectivity index (χ2n) is 5.05. The van der Waals surface area contributed by atoms with E-state index in [9.17, 15) is 9.90 Å². The van der Waals surface area contributed by atoms with Crippen molar-refractivity contribution in [3.8, 4) is 0 Å². The number of aliphatic hydroxyl groups excluding tert-OH is 1. The Bertz CT molecular complexity index is 458. The predicted octanol–water partition coefficient (Wildman–Crippen LogP) is 0.932.